The molecule has 3 heteroatoms. The molecule has 2 aromatic rings. The van der Waals surface area contributed by atoms with Gasteiger partial charge < -0.3 is 10.3 Å². The van der Waals surface area contributed by atoms with Crippen LogP contribution in [0.1, 0.15) is 42.5 Å². The highest BCUT2D eigenvalue weighted by Gasteiger charge is 2.08. The van der Waals surface area contributed by atoms with Gasteiger partial charge in [0.25, 0.3) is 5.56 Å². The number of aromatic nitrogens is 1. The van der Waals surface area contributed by atoms with Crippen molar-refractivity contribution >= 4 is 0 Å². The number of benzene rings is 1. The molecule has 0 fully saturated rings. The van der Waals surface area contributed by atoms with Crippen LogP contribution in [-0.4, -0.2) is 4.57 Å². The van der Waals surface area contributed by atoms with E-state index in [0.717, 1.165) is 11.1 Å². The van der Waals surface area contributed by atoms with E-state index in [1.54, 1.807) is 16.8 Å². The molecule has 3 nitrogen and oxygen atoms in total. The quantitative estimate of drug-likeness (QED) is 0.928. The maximum atomic E-state index is 11.9. The third-order valence-electron chi connectivity index (χ3n) is 3.58. The Morgan fingerprint density at radius 1 is 1.10 bits per heavy atom. The van der Waals surface area contributed by atoms with Crippen molar-refractivity contribution in [2.75, 3.05) is 0 Å². The molecule has 1 heterocycles. The fraction of sp³-hybridized carbons (Fsp3) is 0.353. The summed E-state index contributed by atoms with van der Waals surface area (Å²) in [5.74, 6) is 0.514. The van der Waals surface area contributed by atoms with Gasteiger partial charge in [-0.2, -0.15) is 0 Å². The number of hydrogen-bond donors (Lipinski definition) is 1. The standard InChI is InChI=1S/C17H22N2O/c1-12(2)14-4-6-15(7-5-14)16(18)11-19-9-8-13(3)10-17(19)20/h4-10,12,16H,11,18H2,1-3H3. The van der Waals surface area contributed by atoms with E-state index < -0.39 is 0 Å². The highest BCUT2D eigenvalue weighted by molar-refractivity contribution is 5.26. The van der Waals surface area contributed by atoms with Crippen LogP contribution in [0.15, 0.2) is 47.4 Å². The average Bonchev–Trinajstić information content (AvgIpc) is 2.42. The molecule has 1 aromatic carbocycles. The van der Waals surface area contributed by atoms with Crippen molar-refractivity contribution in [3.8, 4) is 0 Å². The second-order valence-electron chi connectivity index (χ2n) is 5.62. The number of nitrogens with zero attached hydrogens (tertiary/aromatic N) is 1. The predicted octanol–water partition coefficient (Wildman–Crippen LogP) is 2.98. The summed E-state index contributed by atoms with van der Waals surface area (Å²) in [6, 6.07) is 11.7. The third-order valence-corrected chi connectivity index (χ3v) is 3.58. The Kier molecular flexibility index (Phi) is 4.40. The van der Waals surface area contributed by atoms with Gasteiger partial charge in [-0.15, -0.1) is 0 Å². The minimum Gasteiger partial charge on any atom is -0.322 e. The molecule has 0 saturated heterocycles. The van der Waals surface area contributed by atoms with E-state index in [4.69, 9.17) is 5.73 Å². The minimum absolute atomic E-state index is 0.000694. The van der Waals surface area contributed by atoms with Crippen LogP contribution in [0, 0.1) is 6.92 Å². The lowest BCUT2D eigenvalue weighted by Crippen LogP contribution is -2.26. The first-order valence-corrected chi connectivity index (χ1v) is 7.00. The van der Waals surface area contributed by atoms with E-state index in [1.165, 1.54) is 5.56 Å². The number of nitrogens with two attached hydrogens (primary N) is 1. The van der Waals surface area contributed by atoms with E-state index in [-0.39, 0.29) is 11.6 Å². The Hall–Kier alpha value is -1.87. The van der Waals surface area contributed by atoms with Crippen LogP contribution < -0.4 is 11.3 Å². The van der Waals surface area contributed by atoms with Crippen LogP contribution in [0.25, 0.3) is 0 Å². The monoisotopic (exact) mass is 270 g/mol. The topological polar surface area (TPSA) is 48.0 Å². The molecule has 2 N–H and O–H groups in total. The molecule has 0 spiro atoms. The lowest BCUT2D eigenvalue weighted by molar-refractivity contribution is 0.561. The summed E-state index contributed by atoms with van der Waals surface area (Å²) in [4.78, 5) is 11.9. The zero-order chi connectivity index (χ0) is 14.7. The smallest absolute Gasteiger partial charge is 0.250 e. The van der Waals surface area contributed by atoms with Crippen LogP contribution in [0.4, 0.5) is 0 Å². The normalized spacial score (nSPS) is 12.7. The molecule has 20 heavy (non-hydrogen) atoms. The van der Waals surface area contributed by atoms with E-state index in [2.05, 4.69) is 38.1 Å². The zero-order valence-electron chi connectivity index (χ0n) is 12.3. The molecule has 0 saturated carbocycles. The number of rotatable bonds is 4. The van der Waals surface area contributed by atoms with Gasteiger partial charge in [0.05, 0.1) is 0 Å². The van der Waals surface area contributed by atoms with Crippen LogP contribution in [0.5, 0.6) is 0 Å². The van der Waals surface area contributed by atoms with Crippen LogP contribution in [-0.2, 0) is 6.54 Å². The molecule has 0 aliphatic carbocycles. The lowest BCUT2D eigenvalue weighted by Gasteiger charge is -2.15. The largest absolute Gasteiger partial charge is 0.322 e. The van der Waals surface area contributed by atoms with Gasteiger partial charge >= 0.3 is 0 Å². The maximum Gasteiger partial charge on any atom is 0.250 e. The Balaban J connectivity index is 2.15. The molecule has 0 aliphatic heterocycles. The highest BCUT2D eigenvalue weighted by atomic mass is 16.1. The Bertz CT molecular complexity index is 626. The van der Waals surface area contributed by atoms with Crippen LogP contribution >= 0.6 is 0 Å². The summed E-state index contributed by atoms with van der Waals surface area (Å²) in [6.45, 7) is 6.75. The fourth-order valence-corrected chi connectivity index (χ4v) is 2.20. The molecule has 2 rings (SSSR count). The number of aryl methyl sites for hydroxylation is 1. The average molecular weight is 270 g/mol. The second-order valence-corrected chi connectivity index (χ2v) is 5.62. The fourth-order valence-electron chi connectivity index (χ4n) is 2.20. The molecule has 0 aliphatic rings. The maximum absolute atomic E-state index is 11.9. The van der Waals surface area contributed by atoms with Gasteiger partial charge in [-0.25, -0.2) is 0 Å². The first-order chi connectivity index (χ1) is 9.47. The van der Waals surface area contributed by atoms with Gasteiger partial charge in [0.15, 0.2) is 0 Å². The summed E-state index contributed by atoms with van der Waals surface area (Å²) < 4.78 is 1.66. The second kappa shape index (κ2) is 6.06. The van der Waals surface area contributed by atoms with Gasteiger partial charge in [-0.05, 0) is 35.6 Å². The Labute approximate surface area is 120 Å². The molecular formula is C17H22N2O. The minimum atomic E-state index is -0.170. The van der Waals surface area contributed by atoms with Crippen molar-refractivity contribution in [3.63, 3.8) is 0 Å². The summed E-state index contributed by atoms with van der Waals surface area (Å²) >= 11 is 0. The molecule has 0 amide bonds. The molecule has 0 bridgehead atoms. The molecule has 1 unspecified atom stereocenters. The first kappa shape index (κ1) is 14.5. The van der Waals surface area contributed by atoms with Crippen molar-refractivity contribution in [2.45, 2.75) is 39.3 Å². The first-order valence-electron chi connectivity index (χ1n) is 7.00. The van der Waals surface area contributed by atoms with Crippen LogP contribution in [0.3, 0.4) is 0 Å². The van der Waals surface area contributed by atoms with E-state index in [1.807, 2.05) is 13.0 Å². The van der Waals surface area contributed by atoms with Crippen molar-refractivity contribution in [1.82, 2.24) is 4.57 Å². The van der Waals surface area contributed by atoms with Crippen LogP contribution in [0.2, 0.25) is 0 Å². The lowest BCUT2D eigenvalue weighted by atomic mass is 9.99. The zero-order valence-corrected chi connectivity index (χ0v) is 12.3. The van der Waals surface area contributed by atoms with Gasteiger partial charge in [0, 0.05) is 24.8 Å². The van der Waals surface area contributed by atoms with Gasteiger partial charge in [-0.3, -0.25) is 4.79 Å². The Morgan fingerprint density at radius 3 is 2.25 bits per heavy atom. The van der Waals surface area contributed by atoms with Gasteiger partial charge in [0.1, 0.15) is 0 Å². The number of pyridine rings is 1. The highest BCUT2D eigenvalue weighted by Crippen LogP contribution is 2.18. The third kappa shape index (κ3) is 3.36. The van der Waals surface area contributed by atoms with Gasteiger partial charge in [0.2, 0.25) is 0 Å². The summed E-state index contributed by atoms with van der Waals surface area (Å²) in [6.07, 6.45) is 1.81. The summed E-state index contributed by atoms with van der Waals surface area (Å²) in [7, 11) is 0. The van der Waals surface area contributed by atoms with Crippen molar-refractivity contribution in [3.05, 3.63) is 69.6 Å². The van der Waals surface area contributed by atoms with Crippen molar-refractivity contribution in [1.29, 1.82) is 0 Å². The SMILES string of the molecule is Cc1ccn(CC(N)c2ccc(C(C)C)cc2)c(=O)c1. The van der Waals surface area contributed by atoms with Gasteiger partial charge in [-0.1, -0.05) is 38.1 Å². The van der Waals surface area contributed by atoms with E-state index in [9.17, 15) is 4.79 Å². The van der Waals surface area contributed by atoms with E-state index >= 15 is 0 Å². The summed E-state index contributed by atoms with van der Waals surface area (Å²) in [5.41, 5.74) is 9.53. The molecule has 1 atom stereocenters. The van der Waals surface area contributed by atoms with Crippen molar-refractivity contribution < 1.29 is 0 Å². The molecular weight excluding hydrogens is 248 g/mol. The summed E-state index contributed by atoms with van der Waals surface area (Å²) in [5, 5.41) is 0. The van der Waals surface area contributed by atoms with Crippen molar-refractivity contribution in [2.24, 2.45) is 5.73 Å². The van der Waals surface area contributed by atoms with E-state index in [0.29, 0.717) is 12.5 Å². The predicted molar refractivity (Wildman–Crippen MR) is 82.9 cm³/mol. The molecule has 0 radical (unpaired) electrons. The molecule has 106 valence electrons. The molecule has 1 aromatic heterocycles. The number of hydrogen-bond acceptors (Lipinski definition) is 2. The Morgan fingerprint density at radius 2 is 1.70 bits per heavy atom.